The van der Waals surface area contributed by atoms with Gasteiger partial charge in [0.05, 0.1) is 17.5 Å². The van der Waals surface area contributed by atoms with Gasteiger partial charge in [0.1, 0.15) is 6.10 Å². The van der Waals surface area contributed by atoms with Gasteiger partial charge in [-0.2, -0.15) is 0 Å². The largest absolute Gasteiger partial charge is 0.370 e. The van der Waals surface area contributed by atoms with Crippen molar-refractivity contribution in [3.05, 3.63) is 78.4 Å². The molecule has 2 aromatic carbocycles. The summed E-state index contributed by atoms with van der Waals surface area (Å²) in [5.74, 6) is 0.317. The average molecular weight is 380 g/mol. The van der Waals surface area contributed by atoms with Crippen molar-refractivity contribution >= 4 is 21.6 Å². The highest BCUT2D eigenvalue weighted by Crippen LogP contribution is 2.24. The molecule has 0 aliphatic carbocycles. The van der Waals surface area contributed by atoms with E-state index in [1.165, 1.54) is 6.08 Å². The molecule has 4 nitrogen and oxygen atoms in total. The van der Waals surface area contributed by atoms with Gasteiger partial charge in [-0.25, -0.2) is 13.1 Å². The number of rotatable bonds is 9. The van der Waals surface area contributed by atoms with Crippen LogP contribution in [-0.2, 0) is 14.8 Å². The average Bonchev–Trinajstić information content (AvgIpc) is 2.62. The summed E-state index contributed by atoms with van der Waals surface area (Å²) >= 11 is 5.74. The number of hydrogen-bond donors (Lipinski definition) is 1. The minimum absolute atomic E-state index is 0.203. The first-order valence-electron chi connectivity index (χ1n) is 7.92. The van der Waals surface area contributed by atoms with Crippen LogP contribution in [0.2, 0.25) is 0 Å². The Labute approximate surface area is 154 Å². The van der Waals surface area contributed by atoms with Gasteiger partial charge in [-0.3, -0.25) is 0 Å². The zero-order valence-corrected chi connectivity index (χ0v) is 15.6. The third kappa shape index (κ3) is 5.41. The summed E-state index contributed by atoms with van der Waals surface area (Å²) in [7, 11) is -3.70. The quantitative estimate of drug-likeness (QED) is 0.532. The fourth-order valence-electron chi connectivity index (χ4n) is 2.42. The molecule has 0 radical (unpaired) electrons. The topological polar surface area (TPSA) is 55.4 Å². The van der Waals surface area contributed by atoms with E-state index in [-0.39, 0.29) is 4.90 Å². The molecular formula is C19H22ClNO3S. The Kier molecular flexibility index (Phi) is 7.20. The fraction of sp³-hybridized carbons (Fsp3) is 0.263. The maximum atomic E-state index is 12.7. The van der Waals surface area contributed by atoms with Crippen LogP contribution in [0.25, 0.3) is 0 Å². The number of nitrogens with one attached hydrogen (secondary N) is 1. The molecule has 0 heterocycles. The van der Waals surface area contributed by atoms with Crippen molar-refractivity contribution in [3.8, 4) is 0 Å². The fourth-order valence-corrected chi connectivity index (χ4v) is 3.72. The number of aryl methyl sites for hydroxylation is 1. The van der Waals surface area contributed by atoms with E-state index in [4.69, 9.17) is 16.3 Å². The first-order chi connectivity index (χ1) is 12.0. The Morgan fingerprint density at radius 3 is 2.36 bits per heavy atom. The number of sulfonamides is 1. The number of ether oxygens (including phenoxy) is 1. The van der Waals surface area contributed by atoms with Crippen LogP contribution in [0.15, 0.2) is 72.1 Å². The van der Waals surface area contributed by atoms with Gasteiger partial charge in [0.25, 0.3) is 0 Å². The number of benzene rings is 2. The van der Waals surface area contributed by atoms with Gasteiger partial charge in [-0.05, 0) is 24.6 Å². The van der Waals surface area contributed by atoms with Crippen LogP contribution in [0.4, 0.5) is 0 Å². The zero-order chi connectivity index (χ0) is 18.3. The minimum atomic E-state index is -3.70. The Hall–Kier alpha value is -1.66. The van der Waals surface area contributed by atoms with Crippen molar-refractivity contribution in [1.29, 1.82) is 0 Å². The molecule has 134 valence electrons. The van der Waals surface area contributed by atoms with Gasteiger partial charge in [0, 0.05) is 5.88 Å². The van der Waals surface area contributed by atoms with Crippen LogP contribution in [0.3, 0.4) is 0 Å². The number of alkyl halides is 1. The summed E-state index contributed by atoms with van der Waals surface area (Å²) in [6.07, 6.45) is 1.02. The van der Waals surface area contributed by atoms with Crippen LogP contribution < -0.4 is 4.72 Å². The van der Waals surface area contributed by atoms with E-state index in [1.807, 2.05) is 37.3 Å². The predicted molar refractivity (Wildman–Crippen MR) is 101 cm³/mol. The number of halogens is 1. The molecule has 0 saturated carbocycles. The lowest BCUT2D eigenvalue weighted by molar-refractivity contribution is 0.0514. The lowest BCUT2D eigenvalue weighted by atomic mass is 10.0. The Bertz CT molecular complexity index is 776. The first kappa shape index (κ1) is 19.7. The van der Waals surface area contributed by atoms with E-state index in [1.54, 1.807) is 24.3 Å². The molecule has 0 fully saturated rings. The Morgan fingerprint density at radius 2 is 1.80 bits per heavy atom. The molecule has 0 aromatic heterocycles. The lowest BCUT2D eigenvalue weighted by Gasteiger charge is -2.26. The molecular weight excluding hydrogens is 358 g/mol. The summed E-state index contributed by atoms with van der Waals surface area (Å²) in [6.45, 7) is 5.98. The van der Waals surface area contributed by atoms with Crippen LogP contribution in [0.1, 0.15) is 17.2 Å². The smallest absolute Gasteiger partial charge is 0.241 e. The molecule has 0 spiro atoms. The summed E-state index contributed by atoms with van der Waals surface area (Å²) in [5, 5.41) is 0. The molecule has 2 rings (SSSR count). The van der Waals surface area contributed by atoms with Crippen LogP contribution in [-0.4, -0.2) is 26.9 Å². The predicted octanol–water partition coefficient (Wildman–Crippen LogP) is 3.82. The van der Waals surface area contributed by atoms with E-state index in [9.17, 15) is 8.42 Å². The molecule has 2 atom stereocenters. The summed E-state index contributed by atoms with van der Waals surface area (Å²) in [5.41, 5.74) is 1.84. The summed E-state index contributed by atoms with van der Waals surface area (Å²) < 4.78 is 33.8. The molecule has 2 aromatic rings. The van der Waals surface area contributed by atoms with Gasteiger partial charge in [0.2, 0.25) is 10.0 Å². The molecule has 0 unspecified atom stereocenters. The highest BCUT2D eigenvalue weighted by Gasteiger charge is 2.27. The van der Waals surface area contributed by atoms with Crippen LogP contribution in [0, 0.1) is 6.92 Å². The molecule has 0 aliphatic heterocycles. The molecule has 0 saturated heterocycles. The van der Waals surface area contributed by atoms with Crippen LogP contribution in [0.5, 0.6) is 0 Å². The first-order valence-corrected chi connectivity index (χ1v) is 9.94. The standard InChI is InChI=1S/C19H22ClNO3S/c1-3-18(19(24-14-13-20)16-7-5-4-6-8-16)21-25(22,23)17-11-9-15(2)10-12-17/h3-12,18-19,21H,1,13-14H2,2H3/t18-,19+/m0/s1. The van der Waals surface area contributed by atoms with E-state index >= 15 is 0 Å². The molecule has 0 bridgehead atoms. The van der Waals surface area contributed by atoms with Crippen LogP contribution >= 0.6 is 11.6 Å². The number of hydrogen-bond acceptors (Lipinski definition) is 3. The van der Waals surface area contributed by atoms with E-state index < -0.39 is 22.2 Å². The van der Waals surface area contributed by atoms with Gasteiger partial charge in [-0.15, -0.1) is 18.2 Å². The Morgan fingerprint density at radius 1 is 1.16 bits per heavy atom. The maximum Gasteiger partial charge on any atom is 0.241 e. The van der Waals surface area contributed by atoms with Crippen molar-refractivity contribution in [2.45, 2.75) is 24.0 Å². The summed E-state index contributed by atoms with van der Waals surface area (Å²) in [4.78, 5) is 0.203. The molecule has 0 aliphatic rings. The third-order valence-corrected chi connectivity index (χ3v) is 5.33. The highest BCUT2D eigenvalue weighted by molar-refractivity contribution is 7.89. The second kappa shape index (κ2) is 9.15. The van der Waals surface area contributed by atoms with Crippen molar-refractivity contribution in [3.63, 3.8) is 0 Å². The van der Waals surface area contributed by atoms with E-state index in [0.29, 0.717) is 12.5 Å². The van der Waals surface area contributed by atoms with Gasteiger partial charge in [0.15, 0.2) is 0 Å². The van der Waals surface area contributed by atoms with Crippen molar-refractivity contribution in [2.75, 3.05) is 12.5 Å². The van der Waals surface area contributed by atoms with Crippen molar-refractivity contribution in [2.24, 2.45) is 0 Å². The second-order valence-electron chi connectivity index (χ2n) is 5.59. The van der Waals surface area contributed by atoms with Crippen molar-refractivity contribution < 1.29 is 13.2 Å². The van der Waals surface area contributed by atoms with Gasteiger partial charge >= 0.3 is 0 Å². The van der Waals surface area contributed by atoms with Crippen molar-refractivity contribution in [1.82, 2.24) is 4.72 Å². The molecule has 6 heteroatoms. The highest BCUT2D eigenvalue weighted by atomic mass is 35.5. The Balaban J connectivity index is 2.28. The summed E-state index contributed by atoms with van der Waals surface area (Å²) in [6, 6.07) is 15.5. The molecule has 25 heavy (non-hydrogen) atoms. The SMILES string of the molecule is C=C[C@H](NS(=O)(=O)c1ccc(C)cc1)[C@H](OCCCl)c1ccccc1. The van der Waals surface area contributed by atoms with E-state index in [2.05, 4.69) is 11.3 Å². The monoisotopic (exact) mass is 379 g/mol. The third-order valence-electron chi connectivity index (χ3n) is 3.71. The minimum Gasteiger partial charge on any atom is -0.370 e. The zero-order valence-electron chi connectivity index (χ0n) is 14.1. The molecule has 1 N–H and O–H groups in total. The van der Waals surface area contributed by atoms with Gasteiger partial charge < -0.3 is 4.74 Å². The lowest BCUT2D eigenvalue weighted by Crippen LogP contribution is -2.39. The van der Waals surface area contributed by atoms with E-state index in [0.717, 1.165) is 11.1 Å². The molecule has 0 amide bonds. The van der Waals surface area contributed by atoms with Gasteiger partial charge in [-0.1, -0.05) is 54.1 Å². The second-order valence-corrected chi connectivity index (χ2v) is 7.68. The normalized spacial score (nSPS) is 14.0. The maximum absolute atomic E-state index is 12.7.